The first-order chi connectivity index (χ1) is 8.99. The Labute approximate surface area is 107 Å². The van der Waals surface area contributed by atoms with Crippen molar-refractivity contribution in [3.8, 4) is 0 Å². The number of cyclic esters (lactones) is 1. The number of pyridine rings is 1. The summed E-state index contributed by atoms with van der Waals surface area (Å²) in [6.45, 7) is 1.43. The van der Waals surface area contributed by atoms with Crippen LogP contribution in [0.4, 0.5) is 0 Å². The van der Waals surface area contributed by atoms with Crippen LogP contribution in [0.3, 0.4) is 0 Å². The highest BCUT2D eigenvalue weighted by Crippen LogP contribution is 2.33. The van der Waals surface area contributed by atoms with E-state index in [1.165, 1.54) is 22.9 Å². The molecule has 3 rings (SSSR count). The number of ketones is 1. The molecular weight excluding hydrogens is 250 g/mol. The zero-order valence-electron chi connectivity index (χ0n) is 10.2. The predicted octanol–water partition coefficient (Wildman–Crippen LogP) is 0.170. The summed E-state index contributed by atoms with van der Waals surface area (Å²) in [7, 11) is 0. The predicted molar refractivity (Wildman–Crippen MR) is 64.3 cm³/mol. The Bertz CT molecular complexity index is 700. The third kappa shape index (κ3) is 1.37. The monoisotopic (exact) mass is 261 g/mol. The van der Waals surface area contributed by atoms with Gasteiger partial charge in [-0.15, -0.1) is 0 Å². The molecule has 0 bridgehead atoms. The number of hydrogen-bond acceptors (Lipinski definition) is 5. The Hall–Kier alpha value is -2.21. The van der Waals surface area contributed by atoms with Gasteiger partial charge in [-0.25, -0.2) is 4.79 Å². The van der Waals surface area contributed by atoms with Crippen LogP contribution < -0.4 is 5.56 Å². The molecule has 0 fully saturated rings. The number of aliphatic hydroxyl groups is 1. The van der Waals surface area contributed by atoms with Crippen molar-refractivity contribution in [2.45, 2.75) is 25.6 Å². The van der Waals surface area contributed by atoms with Gasteiger partial charge >= 0.3 is 5.97 Å². The first kappa shape index (κ1) is 11.9. The van der Waals surface area contributed by atoms with Crippen molar-refractivity contribution in [2.75, 3.05) is 0 Å². The normalized spacial score (nSPS) is 24.1. The molecule has 98 valence electrons. The Balaban J connectivity index is 2.35. The van der Waals surface area contributed by atoms with Gasteiger partial charge in [0.15, 0.2) is 5.60 Å². The smallest absolute Gasteiger partial charge is 0.343 e. The maximum Gasteiger partial charge on any atom is 0.343 e. The molecule has 0 amide bonds. The van der Waals surface area contributed by atoms with Gasteiger partial charge in [0.05, 0.1) is 11.3 Å². The molecule has 2 aliphatic rings. The molecule has 6 nitrogen and oxygen atoms in total. The van der Waals surface area contributed by atoms with Crippen molar-refractivity contribution in [1.29, 1.82) is 0 Å². The lowest BCUT2D eigenvalue weighted by Gasteiger charge is -2.31. The van der Waals surface area contributed by atoms with E-state index < -0.39 is 17.1 Å². The van der Waals surface area contributed by atoms with Crippen molar-refractivity contribution in [2.24, 2.45) is 0 Å². The van der Waals surface area contributed by atoms with Crippen LogP contribution in [-0.2, 0) is 21.7 Å². The summed E-state index contributed by atoms with van der Waals surface area (Å²) in [5.41, 5.74) is -1.74. The summed E-state index contributed by atoms with van der Waals surface area (Å²) in [5.74, 6) is -1.11. The molecule has 0 aromatic carbocycles. The largest absolute Gasteiger partial charge is 0.458 e. The fourth-order valence-corrected chi connectivity index (χ4v) is 2.44. The fraction of sp³-hybridized carbons (Fsp3) is 0.308. The van der Waals surface area contributed by atoms with Crippen molar-refractivity contribution in [3.05, 3.63) is 39.3 Å². The summed E-state index contributed by atoms with van der Waals surface area (Å²) in [6, 6.07) is 1.41. The van der Waals surface area contributed by atoms with E-state index in [-0.39, 0.29) is 35.6 Å². The van der Waals surface area contributed by atoms with E-state index in [9.17, 15) is 19.5 Å². The van der Waals surface area contributed by atoms with E-state index in [1.54, 1.807) is 6.92 Å². The van der Waals surface area contributed by atoms with Crippen LogP contribution in [-0.4, -0.2) is 21.4 Å². The van der Waals surface area contributed by atoms with Crippen LogP contribution in [0.15, 0.2) is 16.9 Å². The van der Waals surface area contributed by atoms with Gasteiger partial charge in [0.25, 0.3) is 5.56 Å². The number of esters is 1. The van der Waals surface area contributed by atoms with Gasteiger partial charge in [-0.1, -0.05) is 6.92 Å². The van der Waals surface area contributed by atoms with E-state index >= 15 is 0 Å². The molecule has 2 aliphatic heterocycles. The van der Waals surface area contributed by atoms with Gasteiger partial charge in [0.2, 0.25) is 5.78 Å². The Kier molecular flexibility index (Phi) is 2.27. The molecule has 0 unspecified atom stereocenters. The van der Waals surface area contributed by atoms with Gasteiger partial charge < -0.3 is 9.84 Å². The van der Waals surface area contributed by atoms with Gasteiger partial charge in [0, 0.05) is 17.8 Å². The average Bonchev–Trinajstić information content (AvgIpc) is 2.77. The zero-order chi connectivity index (χ0) is 13.8. The Morgan fingerprint density at radius 1 is 1.42 bits per heavy atom. The lowest BCUT2D eigenvalue weighted by molar-refractivity contribution is -0.172. The minimum absolute atomic E-state index is 0.0728. The quantitative estimate of drug-likeness (QED) is 0.728. The molecule has 6 heteroatoms. The number of nitrogens with zero attached hydrogens (tertiary/aromatic N) is 1. The summed E-state index contributed by atoms with van der Waals surface area (Å²) in [4.78, 5) is 35.6. The lowest BCUT2D eigenvalue weighted by atomic mass is 9.86. The van der Waals surface area contributed by atoms with Crippen LogP contribution in [0.5, 0.6) is 0 Å². The molecular formula is C13H11NO5. The minimum atomic E-state index is -1.86. The number of aromatic nitrogens is 1. The molecule has 19 heavy (non-hydrogen) atoms. The fourth-order valence-electron chi connectivity index (χ4n) is 2.44. The Morgan fingerprint density at radius 3 is 2.84 bits per heavy atom. The highest BCUT2D eigenvalue weighted by molar-refractivity contribution is 6.08. The number of carbonyl (C=O) groups excluding carboxylic acids is 2. The zero-order valence-corrected chi connectivity index (χ0v) is 10.2. The molecule has 0 saturated heterocycles. The number of carbonyl (C=O) groups is 2. The minimum Gasteiger partial charge on any atom is -0.458 e. The number of fused-ring (bicyclic) bond motifs is 2. The summed E-state index contributed by atoms with van der Waals surface area (Å²) >= 11 is 0. The van der Waals surface area contributed by atoms with Gasteiger partial charge in [0.1, 0.15) is 6.61 Å². The van der Waals surface area contributed by atoms with E-state index in [0.717, 1.165) is 0 Å². The maximum atomic E-state index is 12.2. The standard InChI is InChI=1S/C13H11NO5/c1-2-13(18)8-5-9-10(15)3-4-14(9)11(16)7(8)6-19-12(13)17/h3-5,18H,2,6H2,1H3/t13-/m1/s1. The molecule has 1 N–H and O–H groups in total. The van der Waals surface area contributed by atoms with Crippen LogP contribution in [0.2, 0.25) is 0 Å². The van der Waals surface area contributed by atoms with Crippen molar-refractivity contribution in [1.82, 2.24) is 4.57 Å². The number of ether oxygens (including phenoxy) is 1. The topological polar surface area (TPSA) is 85.6 Å². The van der Waals surface area contributed by atoms with E-state index in [4.69, 9.17) is 4.74 Å². The molecule has 0 aliphatic carbocycles. The molecule has 1 aromatic rings. The maximum absolute atomic E-state index is 12.2. The second kappa shape index (κ2) is 3.64. The number of allylic oxidation sites excluding steroid dienone is 1. The number of hydrogen-bond donors (Lipinski definition) is 1. The molecule has 0 spiro atoms. The van der Waals surface area contributed by atoms with Gasteiger partial charge in [-0.3, -0.25) is 14.2 Å². The second-order valence-corrected chi connectivity index (χ2v) is 4.57. The first-order valence-electron chi connectivity index (χ1n) is 5.90. The van der Waals surface area contributed by atoms with Crippen molar-refractivity contribution < 1.29 is 19.4 Å². The van der Waals surface area contributed by atoms with Crippen LogP contribution >= 0.6 is 0 Å². The molecule has 1 aromatic heterocycles. The molecule has 1 atom stereocenters. The highest BCUT2D eigenvalue weighted by atomic mass is 16.6. The van der Waals surface area contributed by atoms with Crippen molar-refractivity contribution in [3.63, 3.8) is 0 Å². The van der Waals surface area contributed by atoms with Crippen molar-refractivity contribution >= 4 is 18.0 Å². The third-order valence-electron chi connectivity index (χ3n) is 3.61. The van der Waals surface area contributed by atoms with Gasteiger partial charge in [-0.05, 0) is 12.5 Å². The van der Waals surface area contributed by atoms with Crippen LogP contribution in [0.1, 0.15) is 35.0 Å². The highest BCUT2D eigenvalue weighted by Gasteiger charge is 2.45. The van der Waals surface area contributed by atoms with E-state index in [0.29, 0.717) is 0 Å². The first-order valence-corrected chi connectivity index (χ1v) is 5.90. The van der Waals surface area contributed by atoms with Crippen LogP contribution in [0.25, 0.3) is 6.20 Å². The molecule has 3 heterocycles. The average molecular weight is 261 g/mol. The lowest BCUT2D eigenvalue weighted by Crippen LogP contribution is -2.44. The number of rotatable bonds is 1. The van der Waals surface area contributed by atoms with Crippen LogP contribution in [0, 0.1) is 0 Å². The summed E-state index contributed by atoms with van der Waals surface area (Å²) in [6.07, 6.45) is 2.72. The van der Waals surface area contributed by atoms with Gasteiger partial charge in [-0.2, -0.15) is 0 Å². The SMILES string of the molecule is CC[C@]1(O)C(=O)OCc2c1cc1n(c2=O)C=CC1=O. The third-order valence-corrected chi connectivity index (χ3v) is 3.61. The second-order valence-electron chi connectivity index (χ2n) is 4.57. The summed E-state index contributed by atoms with van der Waals surface area (Å²) in [5, 5.41) is 10.4. The van der Waals surface area contributed by atoms with E-state index in [2.05, 4.69) is 0 Å². The molecule has 0 saturated carbocycles. The van der Waals surface area contributed by atoms with E-state index in [1.807, 2.05) is 0 Å². The molecule has 0 radical (unpaired) electrons. The Morgan fingerprint density at radius 2 is 2.16 bits per heavy atom. The summed E-state index contributed by atoms with van der Waals surface area (Å²) < 4.78 is 6.07.